The van der Waals surface area contributed by atoms with Crippen molar-refractivity contribution in [1.29, 1.82) is 0 Å². The molecule has 1 saturated heterocycles. The molecule has 1 heterocycles. The van der Waals surface area contributed by atoms with Gasteiger partial charge in [-0.25, -0.2) is 0 Å². The van der Waals surface area contributed by atoms with Gasteiger partial charge in [-0.05, 0) is 31.0 Å². The lowest BCUT2D eigenvalue weighted by Crippen LogP contribution is -2.47. The maximum Gasteiger partial charge on any atom is 0.253 e. The molecule has 1 aliphatic rings. The highest BCUT2D eigenvalue weighted by molar-refractivity contribution is 6.30. The zero-order valence-corrected chi connectivity index (χ0v) is 12.1. The van der Waals surface area contributed by atoms with E-state index in [9.17, 15) is 4.79 Å². The molecule has 20 heavy (non-hydrogen) atoms. The van der Waals surface area contributed by atoms with Gasteiger partial charge in [-0.2, -0.15) is 0 Å². The molecule has 0 spiro atoms. The number of rotatable bonds is 2. The van der Waals surface area contributed by atoms with Gasteiger partial charge in [-0.3, -0.25) is 4.79 Å². The number of hydrogen-bond donors (Lipinski definition) is 2. The van der Waals surface area contributed by atoms with E-state index in [4.69, 9.17) is 22.5 Å². The minimum Gasteiger partial charge on any atom is -0.409 e. The van der Waals surface area contributed by atoms with Crippen LogP contribution < -0.4 is 5.73 Å². The number of amidine groups is 1. The first-order chi connectivity index (χ1) is 9.46. The molecule has 1 aliphatic heterocycles. The van der Waals surface area contributed by atoms with Crippen molar-refractivity contribution in [1.82, 2.24) is 4.90 Å². The van der Waals surface area contributed by atoms with Gasteiger partial charge in [-0.1, -0.05) is 29.7 Å². The van der Waals surface area contributed by atoms with Crippen LogP contribution in [0.3, 0.4) is 0 Å². The van der Waals surface area contributed by atoms with Gasteiger partial charge in [0, 0.05) is 29.1 Å². The highest BCUT2D eigenvalue weighted by Crippen LogP contribution is 2.31. The van der Waals surface area contributed by atoms with Crippen LogP contribution in [0.5, 0.6) is 0 Å². The van der Waals surface area contributed by atoms with Crippen molar-refractivity contribution >= 4 is 23.3 Å². The Morgan fingerprint density at radius 3 is 2.65 bits per heavy atom. The summed E-state index contributed by atoms with van der Waals surface area (Å²) in [6, 6.07) is 6.93. The van der Waals surface area contributed by atoms with E-state index in [1.54, 1.807) is 29.2 Å². The smallest absolute Gasteiger partial charge is 0.253 e. The predicted molar refractivity (Wildman–Crippen MR) is 78.1 cm³/mol. The summed E-state index contributed by atoms with van der Waals surface area (Å²) in [5, 5.41) is 12.5. The Bertz CT molecular complexity index is 537. The zero-order chi connectivity index (χ0) is 14.8. The molecule has 0 unspecified atom stereocenters. The number of hydrogen-bond acceptors (Lipinski definition) is 3. The number of carbonyl (C=O) groups excluding carboxylic acids is 1. The van der Waals surface area contributed by atoms with Crippen LogP contribution in [0.1, 0.15) is 30.1 Å². The van der Waals surface area contributed by atoms with E-state index < -0.39 is 0 Å². The average molecular weight is 296 g/mol. The fourth-order valence-electron chi connectivity index (χ4n) is 2.38. The van der Waals surface area contributed by atoms with Gasteiger partial charge in [0.05, 0.1) is 0 Å². The lowest BCUT2D eigenvalue weighted by molar-refractivity contribution is 0.0666. The minimum atomic E-state index is -0.347. The van der Waals surface area contributed by atoms with Crippen LogP contribution in [-0.4, -0.2) is 34.9 Å². The second-order valence-electron chi connectivity index (χ2n) is 5.35. The molecule has 0 saturated carbocycles. The first kappa shape index (κ1) is 14.7. The summed E-state index contributed by atoms with van der Waals surface area (Å²) in [4.78, 5) is 14.1. The third-order valence-corrected chi connectivity index (χ3v) is 4.19. The van der Waals surface area contributed by atoms with Crippen molar-refractivity contribution in [2.75, 3.05) is 13.1 Å². The predicted octanol–water partition coefficient (Wildman–Crippen LogP) is 2.33. The Labute approximate surface area is 123 Å². The Hall–Kier alpha value is -1.75. The second-order valence-corrected chi connectivity index (χ2v) is 5.78. The summed E-state index contributed by atoms with van der Waals surface area (Å²) in [5.41, 5.74) is 5.95. The van der Waals surface area contributed by atoms with E-state index in [1.165, 1.54) is 0 Å². The number of benzene rings is 1. The maximum atomic E-state index is 12.4. The zero-order valence-electron chi connectivity index (χ0n) is 11.3. The third-order valence-electron chi connectivity index (χ3n) is 3.95. The third kappa shape index (κ3) is 2.88. The molecular formula is C14H18ClN3O2. The van der Waals surface area contributed by atoms with Crippen molar-refractivity contribution in [2.24, 2.45) is 16.3 Å². The Kier molecular flexibility index (Phi) is 4.18. The highest BCUT2D eigenvalue weighted by atomic mass is 35.5. The first-order valence-corrected chi connectivity index (χ1v) is 6.87. The van der Waals surface area contributed by atoms with Crippen LogP contribution in [0.15, 0.2) is 29.4 Å². The lowest BCUT2D eigenvalue weighted by atomic mass is 9.79. The summed E-state index contributed by atoms with van der Waals surface area (Å²) in [6.45, 7) is 3.11. The number of likely N-dealkylation sites (tertiary alicyclic amines) is 1. The van der Waals surface area contributed by atoms with Crippen molar-refractivity contribution < 1.29 is 10.0 Å². The average Bonchev–Trinajstić information content (AvgIpc) is 2.46. The van der Waals surface area contributed by atoms with E-state index in [-0.39, 0.29) is 17.2 Å². The van der Waals surface area contributed by atoms with Gasteiger partial charge in [0.1, 0.15) is 5.84 Å². The molecule has 0 bridgehead atoms. The van der Waals surface area contributed by atoms with Crippen LogP contribution in [0, 0.1) is 5.41 Å². The molecule has 0 radical (unpaired) electrons. The number of oxime groups is 1. The summed E-state index contributed by atoms with van der Waals surface area (Å²) in [7, 11) is 0. The van der Waals surface area contributed by atoms with E-state index in [0.717, 1.165) is 0 Å². The fourth-order valence-corrected chi connectivity index (χ4v) is 2.57. The van der Waals surface area contributed by atoms with Crippen molar-refractivity contribution in [3.63, 3.8) is 0 Å². The maximum absolute atomic E-state index is 12.4. The number of piperidine rings is 1. The summed E-state index contributed by atoms with van der Waals surface area (Å²) in [6.07, 6.45) is 1.35. The second kappa shape index (κ2) is 5.71. The molecule has 1 fully saturated rings. The monoisotopic (exact) mass is 295 g/mol. The molecule has 0 atom stereocenters. The molecule has 1 amide bonds. The number of carbonyl (C=O) groups is 1. The largest absolute Gasteiger partial charge is 0.409 e. The van der Waals surface area contributed by atoms with Crippen LogP contribution in [0.2, 0.25) is 5.02 Å². The van der Waals surface area contributed by atoms with Gasteiger partial charge in [0.15, 0.2) is 0 Å². The number of nitrogens with two attached hydrogens (primary N) is 1. The molecule has 0 aliphatic carbocycles. The number of amides is 1. The molecule has 6 heteroatoms. The molecule has 0 aromatic heterocycles. The van der Waals surface area contributed by atoms with Crippen molar-refractivity contribution in [3.05, 3.63) is 34.9 Å². The molecule has 1 aromatic rings. The topological polar surface area (TPSA) is 78.9 Å². The SMILES string of the molecule is CC1(/C(N)=N/O)CCN(C(=O)c2cccc(Cl)c2)CC1. The number of halogens is 1. The summed E-state index contributed by atoms with van der Waals surface area (Å²) in [5.74, 6) is 0.196. The van der Waals surface area contributed by atoms with Crippen LogP contribution in [0.25, 0.3) is 0 Å². The van der Waals surface area contributed by atoms with Gasteiger partial charge >= 0.3 is 0 Å². The van der Waals surface area contributed by atoms with Crippen LogP contribution >= 0.6 is 11.6 Å². The van der Waals surface area contributed by atoms with E-state index >= 15 is 0 Å². The van der Waals surface area contributed by atoms with Crippen molar-refractivity contribution in [3.8, 4) is 0 Å². The van der Waals surface area contributed by atoms with E-state index in [2.05, 4.69) is 5.16 Å². The van der Waals surface area contributed by atoms with Crippen LogP contribution in [-0.2, 0) is 0 Å². The van der Waals surface area contributed by atoms with E-state index in [1.807, 2.05) is 6.92 Å². The molecule has 3 N–H and O–H groups in total. The standard InChI is InChI=1S/C14H18ClN3O2/c1-14(13(16)17-20)5-7-18(8-6-14)12(19)10-3-2-4-11(15)9-10/h2-4,9,20H,5-8H2,1H3,(H2,16,17). The molecule has 5 nitrogen and oxygen atoms in total. The molecule has 2 rings (SSSR count). The van der Waals surface area contributed by atoms with Gasteiger partial charge in [0.25, 0.3) is 5.91 Å². The molecule has 1 aromatic carbocycles. The van der Waals surface area contributed by atoms with Gasteiger partial charge < -0.3 is 15.8 Å². The molecule has 108 valence electrons. The van der Waals surface area contributed by atoms with Gasteiger partial charge in [0.2, 0.25) is 0 Å². The summed E-state index contributed by atoms with van der Waals surface area (Å²) < 4.78 is 0. The normalized spacial score (nSPS) is 18.9. The Morgan fingerprint density at radius 1 is 1.45 bits per heavy atom. The lowest BCUT2D eigenvalue weighted by Gasteiger charge is -2.38. The number of nitrogens with zero attached hydrogens (tertiary/aromatic N) is 2. The van der Waals surface area contributed by atoms with Crippen molar-refractivity contribution in [2.45, 2.75) is 19.8 Å². The first-order valence-electron chi connectivity index (χ1n) is 6.49. The van der Waals surface area contributed by atoms with Gasteiger partial charge in [-0.15, -0.1) is 0 Å². The highest BCUT2D eigenvalue weighted by Gasteiger charge is 2.35. The minimum absolute atomic E-state index is 0.0333. The van der Waals surface area contributed by atoms with Crippen LogP contribution in [0.4, 0.5) is 0 Å². The quantitative estimate of drug-likeness (QED) is 0.380. The Morgan fingerprint density at radius 2 is 2.10 bits per heavy atom. The summed E-state index contributed by atoms with van der Waals surface area (Å²) >= 11 is 5.90. The molecular weight excluding hydrogens is 278 g/mol. The Balaban J connectivity index is 2.06. The fraction of sp³-hybridized carbons (Fsp3) is 0.429. The van der Waals surface area contributed by atoms with E-state index in [0.29, 0.717) is 36.5 Å².